The van der Waals surface area contributed by atoms with Gasteiger partial charge in [0.15, 0.2) is 0 Å². The first-order chi connectivity index (χ1) is 12.8. The van der Waals surface area contributed by atoms with E-state index in [4.69, 9.17) is 0 Å². The monoisotopic (exact) mass is 364 g/mol. The van der Waals surface area contributed by atoms with E-state index >= 15 is 0 Å². The Morgan fingerprint density at radius 2 is 1.77 bits per heavy atom. The number of benzene rings is 2. The largest absolute Gasteiger partial charge is 0.330 e. The molecule has 2 heterocycles. The summed E-state index contributed by atoms with van der Waals surface area (Å²) < 4.78 is 3.31. The molecule has 2 aromatic carbocycles. The molecule has 0 spiro atoms. The molecule has 1 N–H and O–H groups in total. The number of hydrogen-bond donors (Lipinski definition) is 1. The summed E-state index contributed by atoms with van der Waals surface area (Å²) in [7, 11) is 0. The minimum Gasteiger partial charge on any atom is -0.330 e. The lowest BCUT2D eigenvalue weighted by molar-refractivity contribution is 0.150. The number of nitrogens with zero attached hydrogens (tertiary/aromatic N) is 1. The van der Waals surface area contributed by atoms with Gasteiger partial charge in [0.2, 0.25) is 0 Å². The standard InChI is InChI=1S/C21H26N2S.C2H2/c1-24-22-19-6-4-5-18(15-19)16-8-10-17(11-9-16)21-13-12-20-7-2-3-14-23(20)21;1-2/h4-6,8-11,15,20-22H,2-3,7,12-14H2,1H3;1-2H. The van der Waals surface area contributed by atoms with Crippen molar-refractivity contribution in [3.05, 3.63) is 54.1 Å². The molecule has 4 rings (SSSR count). The highest BCUT2D eigenvalue weighted by Crippen LogP contribution is 2.40. The molecule has 136 valence electrons. The van der Waals surface area contributed by atoms with Crippen LogP contribution in [0.3, 0.4) is 0 Å². The van der Waals surface area contributed by atoms with E-state index in [0.29, 0.717) is 6.04 Å². The van der Waals surface area contributed by atoms with Crippen LogP contribution in [0.1, 0.15) is 43.7 Å². The van der Waals surface area contributed by atoms with E-state index in [1.165, 1.54) is 55.3 Å². The molecule has 0 saturated carbocycles. The van der Waals surface area contributed by atoms with Crippen LogP contribution < -0.4 is 4.72 Å². The van der Waals surface area contributed by atoms with Gasteiger partial charge in [-0.05, 0) is 61.1 Å². The average Bonchev–Trinajstić information content (AvgIpc) is 3.14. The van der Waals surface area contributed by atoms with Gasteiger partial charge in [-0.2, -0.15) is 0 Å². The Morgan fingerprint density at radius 3 is 2.54 bits per heavy atom. The van der Waals surface area contributed by atoms with Crippen LogP contribution in [0, 0.1) is 12.8 Å². The first-order valence-electron chi connectivity index (χ1n) is 9.43. The quantitative estimate of drug-likeness (QED) is 0.530. The van der Waals surface area contributed by atoms with E-state index in [0.717, 1.165) is 11.7 Å². The highest BCUT2D eigenvalue weighted by molar-refractivity contribution is 7.99. The van der Waals surface area contributed by atoms with Crippen molar-refractivity contribution in [2.24, 2.45) is 0 Å². The summed E-state index contributed by atoms with van der Waals surface area (Å²) in [5.74, 6) is 0. The molecule has 2 saturated heterocycles. The number of piperidine rings is 1. The third-order valence-electron chi connectivity index (χ3n) is 5.56. The number of rotatable bonds is 4. The van der Waals surface area contributed by atoms with Crippen LogP contribution in [0.15, 0.2) is 48.5 Å². The third kappa shape index (κ3) is 4.09. The molecule has 2 aliphatic rings. The van der Waals surface area contributed by atoms with Crippen molar-refractivity contribution in [2.45, 2.75) is 44.2 Å². The van der Waals surface area contributed by atoms with Gasteiger partial charge in [-0.3, -0.25) is 4.90 Å². The Morgan fingerprint density at radius 1 is 0.962 bits per heavy atom. The number of fused-ring (bicyclic) bond motifs is 1. The van der Waals surface area contributed by atoms with E-state index < -0.39 is 0 Å². The maximum absolute atomic E-state index is 4.00. The summed E-state index contributed by atoms with van der Waals surface area (Å²) in [6.45, 7) is 1.29. The number of terminal acetylenes is 1. The van der Waals surface area contributed by atoms with Crippen molar-refractivity contribution in [3.8, 4) is 24.0 Å². The minimum absolute atomic E-state index is 0.647. The molecule has 0 bridgehead atoms. The fraction of sp³-hybridized carbons (Fsp3) is 0.391. The van der Waals surface area contributed by atoms with Crippen molar-refractivity contribution in [1.82, 2.24) is 4.90 Å². The van der Waals surface area contributed by atoms with E-state index in [-0.39, 0.29) is 0 Å². The Balaban J connectivity index is 0.000000948. The zero-order valence-corrected chi connectivity index (χ0v) is 16.3. The second-order valence-corrected chi connectivity index (χ2v) is 7.60. The van der Waals surface area contributed by atoms with Gasteiger partial charge in [-0.25, -0.2) is 0 Å². The maximum atomic E-state index is 4.00. The van der Waals surface area contributed by atoms with E-state index in [2.05, 4.69) is 77.3 Å². The van der Waals surface area contributed by atoms with Gasteiger partial charge in [0, 0.05) is 24.0 Å². The fourth-order valence-corrected chi connectivity index (χ4v) is 4.76. The van der Waals surface area contributed by atoms with E-state index in [9.17, 15) is 0 Å². The molecule has 0 aliphatic carbocycles. The highest BCUT2D eigenvalue weighted by Gasteiger charge is 2.35. The molecule has 2 fully saturated rings. The van der Waals surface area contributed by atoms with Crippen molar-refractivity contribution >= 4 is 17.6 Å². The van der Waals surface area contributed by atoms with Gasteiger partial charge in [-0.15, -0.1) is 12.8 Å². The maximum Gasteiger partial charge on any atom is 0.0446 e. The molecule has 2 aromatic rings. The normalized spacial score (nSPS) is 22.1. The molecule has 0 aromatic heterocycles. The number of nitrogens with one attached hydrogen (secondary N) is 1. The first-order valence-corrected chi connectivity index (χ1v) is 10.7. The second kappa shape index (κ2) is 9.16. The second-order valence-electron chi connectivity index (χ2n) is 6.99. The number of hydrogen-bond acceptors (Lipinski definition) is 3. The van der Waals surface area contributed by atoms with Gasteiger partial charge in [0.05, 0.1) is 0 Å². The lowest BCUT2D eigenvalue weighted by atomic mass is 9.99. The highest BCUT2D eigenvalue weighted by atomic mass is 32.2. The van der Waals surface area contributed by atoms with Crippen molar-refractivity contribution in [2.75, 3.05) is 17.5 Å². The fourth-order valence-electron chi connectivity index (χ4n) is 4.40. The molecule has 3 heteroatoms. The predicted molar refractivity (Wildman–Crippen MR) is 115 cm³/mol. The summed E-state index contributed by atoms with van der Waals surface area (Å²) in [5.41, 5.74) is 5.25. The van der Waals surface area contributed by atoms with Gasteiger partial charge < -0.3 is 4.72 Å². The van der Waals surface area contributed by atoms with Crippen molar-refractivity contribution in [3.63, 3.8) is 0 Å². The molecule has 2 nitrogen and oxygen atoms in total. The molecule has 0 amide bonds. The molecular formula is C23H28N2S. The lowest BCUT2D eigenvalue weighted by Crippen LogP contribution is -2.35. The summed E-state index contributed by atoms with van der Waals surface area (Å²) >= 11 is 1.63. The van der Waals surface area contributed by atoms with Crippen LogP contribution in [0.5, 0.6) is 0 Å². The topological polar surface area (TPSA) is 15.3 Å². The predicted octanol–water partition coefficient (Wildman–Crippen LogP) is 5.98. The molecule has 2 aliphatic heterocycles. The SMILES string of the molecule is C#C.CSNc1cccc(-c2ccc(C3CCC4CCCCN43)cc2)c1. The third-order valence-corrected chi connectivity index (χ3v) is 6.00. The van der Waals surface area contributed by atoms with E-state index in [1.54, 1.807) is 11.9 Å². The molecule has 2 atom stereocenters. The average molecular weight is 365 g/mol. The zero-order valence-electron chi connectivity index (χ0n) is 15.5. The molecular weight excluding hydrogens is 336 g/mol. The van der Waals surface area contributed by atoms with Crippen LogP contribution in [-0.4, -0.2) is 23.7 Å². The van der Waals surface area contributed by atoms with Crippen LogP contribution in [0.4, 0.5) is 5.69 Å². The Hall–Kier alpha value is -1.89. The summed E-state index contributed by atoms with van der Waals surface area (Å²) in [4.78, 5) is 2.77. The Kier molecular flexibility index (Phi) is 6.66. The number of anilines is 1. The van der Waals surface area contributed by atoms with Gasteiger partial charge >= 0.3 is 0 Å². The summed E-state index contributed by atoms with van der Waals surface area (Å²) in [5, 5.41) is 0. The van der Waals surface area contributed by atoms with E-state index in [1.807, 2.05) is 0 Å². The summed E-state index contributed by atoms with van der Waals surface area (Å²) in [6, 6.07) is 19.4. The molecule has 26 heavy (non-hydrogen) atoms. The van der Waals surface area contributed by atoms with Crippen LogP contribution in [-0.2, 0) is 0 Å². The van der Waals surface area contributed by atoms with Crippen LogP contribution in [0.25, 0.3) is 11.1 Å². The molecule has 0 radical (unpaired) electrons. The van der Waals surface area contributed by atoms with Gasteiger partial charge in [-0.1, -0.05) is 54.8 Å². The first kappa shape index (κ1) is 18.9. The van der Waals surface area contributed by atoms with Crippen LogP contribution >= 0.6 is 11.9 Å². The summed E-state index contributed by atoms with van der Waals surface area (Å²) in [6.07, 6.45) is 17.0. The van der Waals surface area contributed by atoms with Crippen molar-refractivity contribution in [1.29, 1.82) is 0 Å². The Labute approximate surface area is 162 Å². The van der Waals surface area contributed by atoms with Gasteiger partial charge in [0.1, 0.15) is 0 Å². The van der Waals surface area contributed by atoms with Crippen LogP contribution in [0.2, 0.25) is 0 Å². The minimum atomic E-state index is 0.647. The Bertz CT molecular complexity index is 722. The lowest BCUT2D eigenvalue weighted by Gasteiger charge is -2.34. The van der Waals surface area contributed by atoms with Crippen molar-refractivity contribution < 1.29 is 0 Å². The smallest absolute Gasteiger partial charge is 0.0446 e. The molecule has 2 unspecified atom stereocenters. The zero-order chi connectivity index (χ0) is 18.4. The van der Waals surface area contributed by atoms with Gasteiger partial charge in [0.25, 0.3) is 0 Å².